The average Bonchev–Trinajstić information content (AvgIpc) is 2.47. The molecule has 0 radical (unpaired) electrons. The minimum Gasteiger partial charge on any atom is -0.348 e. The Morgan fingerprint density at radius 2 is 2.50 bits per heavy atom. The molecule has 1 rings (SSSR count). The van der Waals surface area contributed by atoms with Crippen LogP contribution in [0.4, 0.5) is 0 Å². The number of aromatic nitrogens is 1. The SMILES string of the molecule is C=CCCC(=O)c1cccn1C. The van der Waals surface area contributed by atoms with E-state index < -0.39 is 0 Å². The number of hydrogen-bond acceptors (Lipinski definition) is 1. The van der Waals surface area contributed by atoms with Gasteiger partial charge in [-0.2, -0.15) is 0 Å². The molecule has 0 aliphatic carbocycles. The van der Waals surface area contributed by atoms with Crippen LogP contribution in [0.15, 0.2) is 31.0 Å². The largest absolute Gasteiger partial charge is 0.348 e. The topological polar surface area (TPSA) is 22.0 Å². The van der Waals surface area contributed by atoms with Crippen molar-refractivity contribution in [1.29, 1.82) is 0 Å². The molecule has 0 fully saturated rings. The number of carbonyl (C=O) groups is 1. The highest BCUT2D eigenvalue weighted by Gasteiger charge is 2.06. The van der Waals surface area contributed by atoms with E-state index in [4.69, 9.17) is 0 Å². The van der Waals surface area contributed by atoms with Gasteiger partial charge >= 0.3 is 0 Å². The van der Waals surface area contributed by atoms with Gasteiger partial charge in [0.25, 0.3) is 0 Å². The molecule has 0 aliphatic rings. The van der Waals surface area contributed by atoms with Crippen LogP contribution in [0, 0.1) is 0 Å². The molecule has 0 saturated carbocycles. The highest BCUT2D eigenvalue weighted by Crippen LogP contribution is 2.05. The number of rotatable bonds is 4. The van der Waals surface area contributed by atoms with Gasteiger partial charge in [-0.25, -0.2) is 0 Å². The monoisotopic (exact) mass is 163 g/mol. The number of hydrogen-bond donors (Lipinski definition) is 0. The summed E-state index contributed by atoms with van der Waals surface area (Å²) in [5, 5.41) is 0. The summed E-state index contributed by atoms with van der Waals surface area (Å²) in [6.07, 6.45) is 4.95. The Morgan fingerprint density at radius 3 is 3.00 bits per heavy atom. The zero-order chi connectivity index (χ0) is 8.97. The van der Waals surface area contributed by atoms with E-state index in [0.717, 1.165) is 12.1 Å². The van der Waals surface area contributed by atoms with Crippen LogP contribution in [0.25, 0.3) is 0 Å². The molecule has 0 unspecified atom stereocenters. The van der Waals surface area contributed by atoms with Gasteiger partial charge in [-0.15, -0.1) is 6.58 Å². The van der Waals surface area contributed by atoms with Crippen molar-refractivity contribution in [2.45, 2.75) is 12.8 Å². The molecule has 2 heteroatoms. The van der Waals surface area contributed by atoms with Crippen molar-refractivity contribution in [3.05, 3.63) is 36.7 Å². The molecule has 0 aromatic carbocycles. The van der Waals surface area contributed by atoms with Crippen LogP contribution in [-0.2, 0) is 7.05 Å². The Balaban J connectivity index is 2.65. The van der Waals surface area contributed by atoms with E-state index >= 15 is 0 Å². The van der Waals surface area contributed by atoms with Gasteiger partial charge in [0.05, 0.1) is 5.69 Å². The molecule has 64 valence electrons. The number of allylic oxidation sites excluding steroid dienone is 1. The first-order chi connectivity index (χ1) is 5.75. The molecular formula is C10H13NO. The van der Waals surface area contributed by atoms with Crippen molar-refractivity contribution in [2.24, 2.45) is 7.05 Å². The molecule has 0 amide bonds. The third-order valence-electron chi connectivity index (χ3n) is 1.80. The van der Waals surface area contributed by atoms with E-state index in [1.807, 2.05) is 29.9 Å². The van der Waals surface area contributed by atoms with E-state index in [9.17, 15) is 4.79 Å². The second-order valence-electron chi connectivity index (χ2n) is 2.75. The summed E-state index contributed by atoms with van der Waals surface area (Å²) in [6.45, 7) is 3.58. The quantitative estimate of drug-likeness (QED) is 0.492. The van der Waals surface area contributed by atoms with Gasteiger partial charge in [0.2, 0.25) is 0 Å². The fraction of sp³-hybridized carbons (Fsp3) is 0.300. The van der Waals surface area contributed by atoms with Crippen molar-refractivity contribution in [2.75, 3.05) is 0 Å². The summed E-state index contributed by atoms with van der Waals surface area (Å²) in [7, 11) is 1.88. The number of carbonyl (C=O) groups excluding carboxylic acids is 1. The average molecular weight is 163 g/mol. The summed E-state index contributed by atoms with van der Waals surface area (Å²) in [5.41, 5.74) is 0.775. The number of nitrogens with zero attached hydrogens (tertiary/aromatic N) is 1. The van der Waals surface area contributed by atoms with E-state index in [1.165, 1.54) is 0 Å². The lowest BCUT2D eigenvalue weighted by atomic mass is 10.2. The number of aryl methyl sites for hydroxylation is 1. The van der Waals surface area contributed by atoms with Crippen LogP contribution >= 0.6 is 0 Å². The standard InChI is InChI=1S/C10H13NO/c1-3-4-7-10(12)9-6-5-8-11(9)2/h3,5-6,8H,1,4,7H2,2H3. The van der Waals surface area contributed by atoms with Gasteiger partial charge in [0.15, 0.2) is 5.78 Å². The third kappa shape index (κ3) is 1.84. The fourth-order valence-corrected chi connectivity index (χ4v) is 1.11. The maximum Gasteiger partial charge on any atom is 0.179 e. The first kappa shape index (κ1) is 8.78. The molecule has 12 heavy (non-hydrogen) atoms. The maximum atomic E-state index is 11.4. The second-order valence-corrected chi connectivity index (χ2v) is 2.75. The molecule has 0 spiro atoms. The van der Waals surface area contributed by atoms with Crippen LogP contribution in [0.1, 0.15) is 23.3 Å². The lowest BCUT2D eigenvalue weighted by Crippen LogP contribution is -2.04. The highest BCUT2D eigenvalue weighted by molar-refractivity contribution is 5.94. The third-order valence-corrected chi connectivity index (χ3v) is 1.80. The van der Waals surface area contributed by atoms with Crippen molar-refractivity contribution >= 4 is 5.78 Å². The van der Waals surface area contributed by atoms with Crippen LogP contribution in [-0.4, -0.2) is 10.4 Å². The Labute approximate surface area is 72.5 Å². The predicted molar refractivity (Wildman–Crippen MR) is 49.2 cm³/mol. The van der Waals surface area contributed by atoms with Crippen LogP contribution in [0.3, 0.4) is 0 Å². The molecule has 2 nitrogen and oxygen atoms in total. The lowest BCUT2D eigenvalue weighted by Gasteiger charge is -1.99. The molecule has 0 atom stereocenters. The molecule has 1 heterocycles. The first-order valence-corrected chi connectivity index (χ1v) is 4.01. The van der Waals surface area contributed by atoms with E-state index in [2.05, 4.69) is 6.58 Å². The Kier molecular flexibility index (Phi) is 2.86. The molecule has 0 aliphatic heterocycles. The Hall–Kier alpha value is -1.31. The van der Waals surface area contributed by atoms with Crippen LogP contribution in [0.2, 0.25) is 0 Å². The maximum absolute atomic E-state index is 11.4. The lowest BCUT2D eigenvalue weighted by molar-refractivity contribution is 0.0976. The molecule has 0 saturated heterocycles. The summed E-state index contributed by atoms with van der Waals surface area (Å²) >= 11 is 0. The smallest absolute Gasteiger partial charge is 0.179 e. The summed E-state index contributed by atoms with van der Waals surface area (Å²) in [5.74, 6) is 0.183. The number of Topliss-reactive ketones (excluding diaryl/α,β-unsaturated/α-hetero) is 1. The Morgan fingerprint density at radius 1 is 1.75 bits per heavy atom. The van der Waals surface area contributed by atoms with Gasteiger partial charge < -0.3 is 4.57 Å². The normalized spacial score (nSPS) is 9.75. The molecule has 0 N–H and O–H groups in total. The van der Waals surface area contributed by atoms with Gasteiger partial charge in [-0.3, -0.25) is 4.79 Å². The van der Waals surface area contributed by atoms with Gasteiger partial charge in [-0.05, 0) is 18.6 Å². The van der Waals surface area contributed by atoms with Gasteiger partial charge in [0.1, 0.15) is 0 Å². The fourth-order valence-electron chi connectivity index (χ4n) is 1.11. The van der Waals surface area contributed by atoms with Gasteiger partial charge in [-0.1, -0.05) is 6.08 Å². The number of ketones is 1. The Bertz CT molecular complexity index is 286. The first-order valence-electron chi connectivity index (χ1n) is 4.01. The van der Waals surface area contributed by atoms with E-state index in [-0.39, 0.29) is 5.78 Å². The van der Waals surface area contributed by atoms with E-state index in [1.54, 1.807) is 6.08 Å². The summed E-state index contributed by atoms with van der Waals surface area (Å²) in [6, 6.07) is 3.71. The minimum absolute atomic E-state index is 0.183. The van der Waals surface area contributed by atoms with Crippen molar-refractivity contribution in [3.63, 3.8) is 0 Å². The second kappa shape index (κ2) is 3.90. The van der Waals surface area contributed by atoms with Crippen molar-refractivity contribution < 1.29 is 4.79 Å². The summed E-state index contributed by atoms with van der Waals surface area (Å²) in [4.78, 5) is 11.4. The van der Waals surface area contributed by atoms with Gasteiger partial charge in [0, 0.05) is 19.7 Å². The minimum atomic E-state index is 0.183. The van der Waals surface area contributed by atoms with Crippen LogP contribution < -0.4 is 0 Å². The molecule has 1 aromatic rings. The molecular weight excluding hydrogens is 150 g/mol. The van der Waals surface area contributed by atoms with Crippen LogP contribution in [0.5, 0.6) is 0 Å². The molecule has 0 bridgehead atoms. The summed E-state index contributed by atoms with van der Waals surface area (Å²) < 4.78 is 1.84. The predicted octanol–water partition coefficient (Wildman–Crippen LogP) is 2.17. The highest BCUT2D eigenvalue weighted by atomic mass is 16.1. The van der Waals surface area contributed by atoms with Crippen molar-refractivity contribution in [1.82, 2.24) is 4.57 Å². The molecule has 1 aromatic heterocycles. The zero-order valence-electron chi connectivity index (χ0n) is 7.29. The van der Waals surface area contributed by atoms with E-state index in [0.29, 0.717) is 6.42 Å². The van der Waals surface area contributed by atoms with Crippen molar-refractivity contribution in [3.8, 4) is 0 Å². The zero-order valence-corrected chi connectivity index (χ0v) is 7.29.